The summed E-state index contributed by atoms with van der Waals surface area (Å²) in [5.74, 6) is 0. The van der Waals surface area contributed by atoms with Crippen molar-refractivity contribution < 1.29 is 0 Å². The second kappa shape index (κ2) is 9.80. The average molecular weight is 254 g/mol. The fraction of sp³-hybridized carbons (Fsp3) is 1.00. The van der Waals surface area contributed by atoms with Gasteiger partial charge in [0.2, 0.25) is 0 Å². The minimum absolute atomic E-state index is 0.693. The lowest BCUT2D eigenvalue weighted by atomic mass is 10.1. The molecule has 1 atom stereocenters. The van der Waals surface area contributed by atoms with E-state index in [2.05, 4.69) is 31.1 Å². The van der Waals surface area contributed by atoms with Crippen LogP contribution < -0.4 is 5.32 Å². The molecule has 1 aliphatic rings. The maximum Gasteiger partial charge on any atom is 0.00922 e. The van der Waals surface area contributed by atoms with Gasteiger partial charge in [0.05, 0.1) is 0 Å². The Morgan fingerprint density at radius 1 is 1.11 bits per heavy atom. The van der Waals surface area contributed by atoms with E-state index in [1.165, 1.54) is 64.3 Å². The highest BCUT2D eigenvalue weighted by Crippen LogP contribution is 2.21. The molecule has 0 aromatic rings. The van der Waals surface area contributed by atoms with E-state index < -0.39 is 0 Å². The first kappa shape index (κ1) is 16.0. The van der Waals surface area contributed by atoms with Gasteiger partial charge in [-0.1, -0.05) is 39.0 Å². The molecule has 1 aliphatic carbocycles. The van der Waals surface area contributed by atoms with Crippen molar-refractivity contribution in [1.82, 2.24) is 10.2 Å². The SMILES string of the molecule is CCNC(C)CCCCN(C)C1CCCCCC1. The molecule has 1 fully saturated rings. The zero-order valence-electron chi connectivity index (χ0n) is 12.9. The van der Waals surface area contributed by atoms with Crippen molar-refractivity contribution in [3.8, 4) is 0 Å². The van der Waals surface area contributed by atoms with Gasteiger partial charge in [0.25, 0.3) is 0 Å². The van der Waals surface area contributed by atoms with Crippen LogP contribution in [0.3, 0.4) is 0 Å². The molecule has 0 saturated heterocycles. The number of hydrogen-bond donors (Lipinski definition) is 1. The van der Waals surface area contributed by atoms with Crippen LogP contribution in [0.1, 0.15) is 71.6 Å². The number of unbranched alkanes of at least 4 members (excludes halogenated alkanes) is 1. The van der Waals surface area contributed by atoms with Gasteiger partial charge in [-0.2, -0.15) is 0 Å². The van der Waals surface area contributed by atoms with E-state index in [0.717, 1.165) is 12.6 Å². The van der Waals surface area contributed by atoms with Crippen LogP contribution in [0, 0.1) is 0 Å². The second-order valence-corrected chi connectivity index (χ2v) is 6.08. The average Bonchev–Trinajstić information content (AvgIpc) is 2.63. The quantitative estimate of drug-likeness (QED) is 0.523. The highest BCUT2D eigenvalue weighted by molar-refractivity contribution is 4.72. The van der Waals surface area contributed by atoms with Crippen LogP contribution >= 0.6 is 0 Å². The molecule has 0 aliphatic heterocycles. The van der Waals surface area contributed by atoms with E-state index in [0.29, 0.717) is 6.04 Å². The molecular weight excluding hydrogens is 220 g/mol. The van der Waals surface area contributed by atoms with Crippen molar-refractivity contribution in [2.75, 3.05) is 20.1 Å². The summed E-state index contributed by atoms with van der Waals surface area (Å²) in [7, 11) is 2.34. The summed E-state index contributed by atoms with van der Waals surface area (Å²) in [6.07, 6.45) is 12.8. The number of rotatable bonds is 8. The summed E-state index contributed by atoms with van der Waals surface area (Å²) >= 11 is 0. The molecule has 1 saturated carbocycles. The van der Waals surface area contributed by atoms with E-state index in [-0.39, 0.29) is 0 Å². The monoisotopic (exact) mass is 254 g/mol. The third-order valence-corrected chi connectivity index (χ3v) is 4.40. The third kappa shape index (κ3) is 6.75. The first-order valence-electron chi connectivity index (χ1n) is 8.17. The largest absolute Gasteiger partial charge is 0.315 e. The fourth-order valence-electron chi connectivity index (χ4n) is 3.14. The topological polar surface area (TPSA) is 15.3 Å². The molecule has 0 heterocycles. The summed E-state index contributed by atoms with van der Waals surface area (Å²) in [6, 6.07) is 1.57. The van der Waals surface area contributed by atoms with Crippen LogP contribution in [-0.2, 0) is 0 Å². The smallest absolute Gasteiger partial charge is 0.00922 e. The zero-order valence-corrected chi connectivity index (χ0v) is 12.9. The summed E-state index contributed by atoms with van der Waals surface area (Å²) in [4.78, 5) is 2.63. The molecule has 2 heteroatoms. The Hall–Kier alpha value is -0.0800. The van der Waals surface area contributed by atoms with Gasteiger partial charge in [0, 0.05) is 12.1 Å². The highest BCUT2D eigenvalue weighted by atomic mass is 15.1. The Morgan fingerprint density at radius 2 is 1.78 bits per heavy atom. The Morgan fingerprint density at radius 3 is 2.39 bits per heavy atom. The van der Waals surface area contributed by atoms with Gasteiger partial charge in [0.15, 0.2) is 0 Å². The lowest BCUT2D eigenvalue weighted by molar-refractivity contribution is 0.216. The van der Waals surface area contributed by atoms with E-state index in [1.807, 2.05) is 0 Å². The van der Waals surface area contributed by atoms with Crippen LogP contribution in [0.15, 0.2) is 0 Å². The first-order valence-corrected chi connectivity index (χ1v) is 8.17. The first-order chi connectivity index (χ1) is 8.74. The van der Waals surface area contributed by atoms with E-state index in [9.17, 15) is 0 Å². The summed E-state index contributed by atoms with van der Waals surface area (Å²) in [5.41, 5.74) is 0. The minimum Gasteiger partial charge on any atom is -0.315 e. The summed E-state index contributed by atoms with van der Waals surface area (Å²) in [6.45, 7) is 6.89. The molecule has 0 aromatic carbocycles. The summed E-state index contributed by atoms with van der Waals surface area (Å²) in [5, 5.41) is 3.49. The highest BCUT2D eigenvalue weighted by Gasteiger charge is 2.16. The van der Waals surface area contributed by atoms with Crippen molar-refractivity contribution in [3.05, 3.63) is 0 Å². The molecule has 18 heavy (non-hydrogen) atoms. The van der Waals surface area contributed by atoms with Crippen LogP contribution in [0.25, 0.3) is 0 Å². The predicted molar refractivity (Wildman–Crippen MR) is 81.1 cm³/mol. The fourth-order valence-corrected chi connectivity index (χ4v) is 3.14. The minimum atomic E-state index is 0.693. The number of hydrogen-bond acceptors (Lipinski definition) is 2. The van der Waals surface area contributed by atoms with Gasteiger partial charge >= 0.3 is 0 Å². The Kier molecular flexibility index (Phi) is 8.70. The maximum absolute atomic E-state index is 3.49. The normalized spacial score (nSPS) is 20.0. The van der Waals surface area contributed by atoms with Crippen molar-refractivity contribution >= 4 is 0 Å². The van der Waals surface area contributed by atoms with E-state index >= 15 is 0 Å². The molecule has 0 radical (unpaired) electrons. The Balaban J connectivity index is 2.06. The van der Waals surface area contributed by atoms with E-state index in [1.54, 1.807) is 0 Å². The summed E-state index contributed by atoms with van der Waals surface area (Å²) < 4.78 is 0. The number of nitrogens with one attached hydrogen (secondary N) is 1. The molecule has 0 bridgehead atoms. The van der Waals surface area contributed by atoms with Gasteiger partial charge in [-0.15, -0.1) is 0 Å². The molecule has 1 N–H and O–H groups in total. The van der Waals surface area contributed by atoms with Crippen LogP contribution in [-0.4, -0.2) is 37.1 Å². The van der Waals surface area contributed by atoms with Crippen LogP contribution in [0.4, 0.5) is 0 Å². The lowest BCUT2D eigenvalue weighted by Crippen LogP contribution is -2.32. The molecule has 0 spiro atoms. The van der Waals surface area contributed by atoms with Crippen LogP contribution in [0.2, 0.25) is 0 Å². The number of nitrogens with zero attached hydrogens (tertiary/aromatic N) is 1. The molecular formula is C16H34N2. The molecule has 0 aromatic heterocycles. The molecule has 1 rings (SSSR count). The van der Waals surface area contributed by atoms with Crippen molar-refractivity contribution in [2.45, 2.75) is 83.7 Å². The van der Waals surface area contributed by atoms with Crippen molar-refractivity contribution in [1.29, 1.82) is 0 Å². The Labute approximate surface area is 115 Å². The van der Waals surface area contributed by atoms with Crippen molar-refractivity contribution in [3.63, 3.8) is 0 Å². The van der Waals surface area contributed by atoms with Gasteiger partial charge < -0.3 is 10.2 Å². The zero-order chi connectivity index (χ0) is 13.2. The van der Waals surface area contributed by atoms with E-state index in [4.69, 9.17) is 0 Å². The molecule has 0 amide bonds. The third-order valence-electron chi connectivity index (χ3n) is 4.40. The van der Waals surface area contributed by atoms with Gasteiger partial charge in [-0.05, 0) is 52.7 Å². The second-order valence-electron chi connectivity index (χ2n) is 6.08. The maximum atomic E-state index is 3.49. The standard InChI is InChI=1S/C16H34N2/c1-4-17-15(2)11-9-10-14-18(3)16-12-7-5-6-8-13-16/h15-17H,4-14H2,1-3H3. The molecule has 108 valence electrons. The lowest BCUT2D eigenvalue weighted by Gasteiger charge is -2.27. The predicted octanol–water partition coefficient (Wildman–Crippen LogP) is 3.81. The van der Waals surface area contributed by atoms with Gasteiger partial charge in [-0.25, -0.2) is 0 Å². The van der Waals surface area contributed by atoms with Crippen molar-refractivity contribution in [2.24, 2.45) is 0 Å². The molecule has 1 unspecified atom stereocenters. The van der Waals surface area contributed by atoms with Gasteiger partial charge in [0.1, 0.15) is 0 Å². The molecule has 2 nitrogen and oxygen atoms in total. The Bertz CT molecular complexity index is 186. The van der Waals surface area contributed by atoms with Crippen LogP contribution in [0.5, 0.6) is 0 Å². The van der Waals surface area contributed by atoms with Gasteiger partial charge in [-0.3, -0.25) is 0 Å².